The molecule has 4 N–H and O–H groups in total. The van der Waals surface area contributed by atoms with Crippen LogP contribution in [0.15, 0.2) is 22.8 Å². The van der Waals surface area contributed by atoms with Gasteiger partial charge in [-0.05, 0) is 12.1 Å². The van der Waals surface area contributed by atoms with Gasteiger partial charge >= 0.3 is 0 Å². The monoisotopic (exact) mass is 258 g/mol. The average molecular weight is 258 g/mol. The summed E-state index contributed by atoms with van der Waals surface area (Å²) in [6, 6.07) is 2.89. The second kappa shape index (κ2) is 5.17. The van der Waals surface area contributed by atoms with Crippen LogP contribution in [0.4, 0.5) is 0 Å². The number of ether oxygens (including phenoxy) is 1. The zero-order valence-corrected chi connectivity index (χ0v) is 9.34. The summed E-state index contributed by atoms with van der Waals surface area (Å²) in [5.74, 6) is -0.684. The molecule has 3 unspecified atom stereocenters. The number of aliphatic hydroxyl groups excluding tert-OH is 4. The second-order valence-electron chi connectivity index (χ2n) is 4.09. The maximum Gasteiger partial charge on any atom is 0.229 e. The molecular formula is C11H14O7. The molecule has 0 bridgehead atoms. The van der Waals surface area contributed by atoms with E-state index in [-0.39, 0.29) is 5.76 Å². The van der Waals surface area contributed by atoms with Gasteiger partial charge in [0.2, 0.25) is 5.78 Å². The van der Waals surface area contributed by atoms with Gasteiger partial charge in [0.05, 0.1) is 12.9 Å². The fourth-order valence-corrected chi connectivity index (χ4v) is 1.88. The Labute approximate surface area is 102 Å². The number of carbonyl (C=O) groups is 1. The first-order chi connectivity index (χ1) is 8.56. The van der Waals surface area contributed by atoms with Crippen molar-refractivity contribution in [2.45, 2.75) is 30.5 Å². The summed E-state index contributed by atoms with van der Waals surface area (Å²) in [5, 5.41) is 37.8. The molecule has 0 aromatic carbocycles. The Kier molecular flexibility index (Phi) is 3.79. The molecule has 1 saturated heterocycles. The maximum atomic E-state index is 11.9. The van der Waals surface area contributed by atoms with Crippen molar-refractivity contribution >= 4 is 5.78 Å². The third-order valence-corrected chi connectivity index (χ3v) is 2.91. The van der Waals surface area contributed by atoms with Gasteiger partial charge < -0.3 is 29.6 Å². The smallest absolute Gasteiger partial charge is 0.229 e. The van der Waals surface area contributed by atoms with E-state index in [1.54, 1.807) is 0 Å². The zero-order chi connectivity index (χ0) is 13.3. The van der Waals surface area contributed by atoms with Crippen molar-refractivity contribution in [2.24, 2.45) is 0 Å². The predicted molar refractivity (Wildman–Crippen MR) is 56.8 cm³/mol. The van der Waals surface area contributed by atoms with E-state index in [4.69, 9.17) is 14.3 Å². The molecule has 18 heavy (non-hydrogen) atoms. The molecular weight excluding hydrogens is 244 g/mol. The molecule has 7 nitrogen and oxygen atoms in total. The molecule has 7 heteroatoms. The lowest BCUT2D eigenvalue weighted by Crippen LogP contribution is -2.60. The Morgan fingerprint density at radius 2 is 1.94 bits per heavy atom. The van der Waals surface area contributed by atoms with E-state index in [1.807, 2.05) is 0 Å². The number of Topliss-reactive ketones (excluding diaryl/α,β-unsaturated/α-hetero) is 1. The molecule has 1 fully saturated rings. The minimum absolute atomic E-state index is 0.0284. The van der Waals surface area contributed by atoms with Gasteiger partial charge in [0, 0.05) is 0 Å². The van der Waals surface area contributed by atoms with E-state index < -0.39 is 42.9 Å². The summed E-state index contributed by atoms with van der Waals surface area (Å²) in [5.41, 5.74) is 0. The van der Waals surface area contributed by atoms with Crippen molar-refractivity contribution in [3.63, 3.8) is 0 Å². The van der Waals surface area contributed by atoms with Crippen LogP contribution in [0.25, 0.3) is 0 Å². The molecule has 0 aliphatic carbocycles. The highest BCUT2D eigenvalue weighted by molar-refractivity contribution is 5.97. The summed E-state index contributed by atoms with van der Waals surface area (Å²) < 4.78 is 9.98. The third-order valence-electron chi connectivity index (χ3n) is 2.91. The quantitative estimate of drug-likeness (QED) is 0.477. The number of aliphatic hydroxyl groups is 4. The van der Waals surface area contributed by atoms with E-state index in [2.05, 4.69) is 0 Å². The normalized spacial score (nSPS) is 36.6. The van der Waals surface area contributed by atoms with Crippen molar-refractivity contribution in [3.05, 3.63) is 24.2 Å². The average Bonchev–Trinajstić information content (AvgIpc) is 2.89. The van der Waals surface area contributed by atoms with Gasteiger partial charge in [0.15, 0.2) is 11.9 Å². The summed E-state index contributed by atoms with van der Waals surface area (Å²) in [6.07, 6.45) is -5.83. The third kappa shape index (κ3) is 2.18. The topological polar surface area (TPSA) is 120 Å². The lowest BCUT2D eigenvalue weighted by atomic mass is 9.92. The number of rotatable bonds is 3. The Bertz CT molecular complexity index is 400. The van der Waals surface area contributed by atoms with Crippen LogP contribution in [0.1, 0.15) is 10.6 Å². The Morgan fingerprint density at radius 1 is 1.22 bits per heavy atom. The van der Waals surface area contributed by atoms with Crippen molar-refractivity contribution in [2.75, 3.05) is 6.61 Å². The van der Waals surface area contributed by atoms with E-state index in [1.165, 1.54) is 18.4 Å². The predicted octanol–water partition coefficient (Wildman–Crippen LogP) is -1.70. The fourth-order valence-electron chi connectivity index (χ4n) is 1.88. The lowest BCUT2D eigenvalue weighted by Gasteiger charge is -2.38. The Balaban J connectivity index is 2.19. The number of carbonyl (C=O) groups excluding carboxylic acids is 1. The van der Waals surface area contributed by atoms with Crippen LogP contribution in [0, 0.1) is 0 Å². The number of furan rings is 1. The van der Waals surface area contributed by atoms with Crippen LogP contribution in [0.2, 0.25) is 0 Å². The van der Waals surface area contributed by atoms with Crippen molar-refractivity contribution in [3.8, 4) is 0 Å². The number of ketones is 1. The van der Waals surface area contributed by atoms with Gasteiger partial charge in [-0.2, -0.15) is 0 Å². The molecule has 2 rings (SSSR count). The van der Waals surface area contributed by atoms with Crippen LogP contribution >= 0.6 is 0 Å². The molecule has 1 aliphatic rings. The fraction of sp³-hybridized carbons (Fsp3) is 0.545. The lowest BCUT2D eigenvalue weighted by molar-refractivity contribution is -0.215. The molecule has 0 saturated carbocycles. The standard InChI is InChI=1S/C11H14O7/c12-4-6-7(13)9(15)10(16)11(18-6)8(14)5-2-1-3-17-5/h1-3,6-7,9-13,15-16H,4H2/t6?,7-,9?,10?,11-/m0/s1. The zero-order valence-electron chi connectivity index (χ0n) is 9.34. The van der Waals surface area contributed by atoms with E-state index in [9.17, 15) is 20.1 Å². The first kappa shape index (κ1) is 13.2. The summed E-state index contributed by atoms with van der Waals surface area (Å²) >= 11 is 0. The van der Waals surface area contributed by atoms with Crippen LogP contribution in [-0.2, 0) is 4.74 Å². The largest absolute Gasteiger partial charge is 0.461 e. The Morgan fingerprint density at radius 3 is 2.50 bits per heavy atom. The molecule has 1 aromatic heterocycles. The minimum Gasteiger partial charge on any atom is -0.461 e. The molecule has 0 spiro atoms. The Hall–Kier alpha value is -1.25. The van der Waals surface area contributed by atoms with Crippen molar-refractivity contribution in [1.82, 2.24) is 0 Å². The van der Waals surface area contributed by atoms with Gasteiger partial charge in [-0.3, -0.25) is 4.79 Å². The molecule has 1 aromatic rings. The maximum absolute atomic E-state index is 11.9. The molecule has 0 amide bonds. The van der Waals surface area contributed by atoms with E-state index in [0.717, 1.165) is 0 Å². The SMILES string of the molecule is O=C(c1ccco1)[C@@H]1OC(CO)[C@H](O)C(O)C1O. The highest BCUT2D eigenvalue weighted by Crippen LogP contribution is 2.23. The van der Waals surface area contributed by atoms with Crippen LogP contribution in [0.5, 0.6) is 0 Å². The van der Waals surface area contributed by atoms with Gasteiger partial charge in [-0.15, -0.1) is 0 Å². The summed E-state index contributed by atoms with van der Waals surface area (Å²) in [4.78, 5) is 11.9. The van der Waals surface area contributed by atoms with E-state index >= 15 is 0 Å². The molecule has 100 valence electrons. The van der Waals surface area contributed by atoms with Crippen molar-refractivity contribution in [1.29, 1.82) is 0 Å². The number of hydrogen-bond acceptors (Lipinski definition) is 7. The first-order valence-electron chi connectivity index (χ1n) is 5.44. The highest BCUT2D eigenvalue weighted by Gasteiger charge is 2.46. The summed E-state index contributed by atoms with van der Waals surface area (Å²) in [7, 11) is 0. The van der Waals surface area contributed by atoms with Crippen molar-refractivity contribution < 1.29 is 34.4 Å². The first-order valence-corrected chi connectivity index (χ1v) is 5.44. The van der Waals surface area contributed by atoms with E-state index in [0.29, 0.717) is 0 Å². The molecule has 1 aliphatic heterocycles. The second-order valence-corrected chi connectivity index (χ2v) is 4.09. The highest BCUT2D eigenvalue weighted by atomic mass is 16.5. The van der Waals surface area contributed by atoms with Gasteiger partial charge in [-0.25, -0.2) is 0 Å². The molecule has 5 atom stereocenters. The minimum atomic E-state index is -1.58. The molecule has 0 radical (unpaired) electrons. The van der Waals surface area contributed by atoms with Gasteiger partial charge in [0.25, 0.3) is 0 Å². The van der Waals surface area contributed by atoms with Gasteiger partial charge in [0.1, 0.15) is 24.4 Å². The van der Waals surface area contributed by atoms with Gasteiger partial charge in [-0.1, -0.05) is 0 Å². The summed E-state index contributed by atoms with van der Waals surface area (Å²) in [6.45, 7) is -0.577. The van der Waals surface area contributed by atoms with Crippen LogP contribution in [-0.4, -0.2) is 63.3 Å². The number of hydrogen-bond donors (Lipinski definition) is 4. The van der Waals surface area contributed by atoms with Crippen LogP contribution in [0.3, 0.4) is 0 Å². The van der Waals surface area contributed by atoms with Crippen LogP contribution < -0.4 is 0 Å². The molecule has 2 heterocycles.